The van der Waals surface area contributed by atoms with Gasteiger partial charge in [0.2, 0.25) is 11.6 Å². The van der Waals surface area contributed by atoms with Crippen molar-refractivity contribution >= 4 is 12.2 Å². The number of ether oxygens (including phenoxy) is 4. The van der Waals surface area contributed by atoms with Crippen LogP contribution in [0.2, 0.25) is 0 Å². The first-order chi connectivity index (χ1) is 26.5. The Kier molecular flexibility index (Phi) is 12.8. The van der Waals surface area contributed by atoms with E-state index in [0.717, 1.165) is 11.1 Å². The third-order valence-electron chi connectivity index (χ3n) is 8.31. The molecule has 4 aromatic rings. The lowest BCUT2D eigenvalue weighted by Crippen LogP contribution is -2.53. The Morgan fingerprint density at radius 2 is 1.14 bits per heavy atom. The van der Waals surface area contributed by atoms with Crippen LogP contribution in [0.25, 0.3) is 22.5 Å². The van der Waals surface area contributed by atoms with Gasteiger partial charge in [0.05, 0.1) is 37.0 Å². The average Bonchev–Trinajstić information content (AvgIpc) is 3.09. The zero-order valence-electron chi connectivity index (χ0n) is 32.4. The minimum atomic E-state index is -0.523. The zero-order chi connectivity index (χ0) is 40.6. The molecule has 4 N–H and O–H groups in total. The molecule has 6 rings (SSSR count). The smallest absolute Gasteiger partial charge is 0.410 e. The van der Waals surface area contributed by atoms with Crippen LogP contribution >= 0.6 is 0 Å². The monoisotopic (exact) mass is 768 g/mol. The lowest BCUT2D eigenvalue weighted by atomic mass is 10.0. The van der Waals surface area contributed by atoms with Crippen molar-refractivity contribution in [2.24, 2.45) is 17.6 Å². The first-order valence-corrected chi connectivity index (χ1v) is 18.1. The first-order valence-electron chi connectivity index (χ1n) is 18.1. The average molecular weight is 769 g/mol. The van der Waals surface area contributed by atoms with E-state index in [1.165, 1.54) is 6.20 Å². The van der Waals surface area contributed by atoms with Crippen molar-refractivity contribution in [3.63, 3.8) is 0 Å². The number of hydrogen-bond acceptors (Lipinski definition) is 14. The highest BCUT2D eigenvalue weighted by Crippen LogP contribution is 2.27. The van der Waals surface area contributed by atoms with Crippen molar-refractivity contribution in [1.82, 2.24) is 29.7 Å². The highest BCUT2D eigenvalue weighted by molar-refractivity contribution is 5.69. The summed E-state index contributed by atoms with van der Waals surface area (Å²) in [7, 11) is 0. The summed E-state index contributed by atoms with van der Waals surface area (Å²) in [5.41, 5.74) is 8.14. The van der Waals surface area contributed by atoms with Gasteiger partial charge in [-0.05, 0) is 90.1 Å². The molecule has 2 fully saturated rings. The molecule has 2 aromatic carbocycles. The maximum atomic E-state index is 12.0. The van der Waals surface area contributed by atoms with Crippen molar-refractivity contribution in [3.05, 3.63) is 72.3 Å². The van der Waals surface area contributed by atoms with Gasteiger partial charge in [-0.3, -0.25) is 4.98 Å². The summed E-state index contributed by atoms with van der Waals surface area (Å²) < 4.78 is 22.3. The minimum Gasteiger partial charge on any atom is -0.508 e. The van der Waals surface area contributed by atoms with Crippen LogP contribution < -0.4 is 15.2 Å². The van der Waals surface area contributed by atoms with E-state index in [4.69, 9.17) is 24.7 Å². The molecule has 2 aliphatic heterocycles. The van der Waals surface area contributed by atoms with Gasteiger partial charge in [-0.25, -0.2) is 24.5 Å². The fourth-order valence-electron chi connectivity index (χ4n) is 5.44. The highest BCUT2D eigenvalue weighted by atomic mass is 16.6. The molecule has 0 aliphatic carbocycles. The molecule has 16 heteroatoms. The maximum absolute atomic E-state index is 12.0. The topological polar surface area (TPSA) is 219 Å². The Balaban J connectivity index is 0.000000214. The van der Waals surface area contributed by atoms with Crippen LogP contribution in [0, 0.1) is 23.2 Å². The quantitative estimate of drug-likeness (QED) is 0.191. The third kappa shape index (κ3) is 11.4. The number of benzene rings is 2. The Bertz CT molecular complexity index is 2010. The molecule has 0 spiro atoms. The number of phenols is 2. The van der Waals surface area contributed by atoms with Crippen LogP contribution in [0.4, 0.5) is 9.59 Å². The summed E-state index contributed by atoms with van der Waals surface area (Å²) in [6, 6.07) is 15.2. The number of likely N-dealkylation sites (tertiary alicyclic amines) is 2. The SMILES string of the molecule is CC(C)(C)OC(=O)N1CC(COc2nc(-c3ccc(O)cc3)cnc2C#N)C1.CC(C)(C)OC(=O)N1CC(COc2nc(-c3ccc(O)cc3)cnc2CN)C1. The molecule has 2 aromatic heterocycles. The molecular formula is C40H48N8O8. The number of amides is 2. The molecule has 4 heterocycles. The van der Waals surface area contributed by atoms with Gasteiger partial charge in [0.1, 0.15) is 34.5 Å². The Morgan fingerprint density at radius 3 is 1.55 bits per heavy atom. The summed E-state index contributed by atoms with van der Waals surface area (Å²) in [5.74, 6) is 1.23. The van der Waals surface area contributed by atoms with Gasteiger partial charge < -0.3 is 44.7 Å². The predicted octanol–water partition coefficient (Wildman–Crippen LogP) is 5.52. The van der Waals surface area contributed by atoms with Gasteiger partial charge in [0.25, 0.3) is 5.88 Å². The Labute approximate surface area is 325 Å². The third-order valence-corrected chi connectivity index (χ3v) is 8.31. The van der Waals surface area contributed by atoms with E-state index in [9.17, 15) is 25.1 Å². The molecule has 0 radical (unpaired) electrons. The van der Waals surface area contributed by atoms with Crippen LogP contribution in [0.15, 0.2) is 60.9 Å². The van der Waals surface area contributed by atoms with E-state index in [1.807, 2.05) is 47.6 Å². The fraction of sp³-hybridized carbons (Fsp3) is 0.425. The Hall–Kier alpha value is -6.21. The van der Waals surface area contributed by atoms with Crippen molar-refractivity contribution < 1.29 is 38.7 Å². The number of aromatic nitrogens is 4. The summed E-state index contributed by atoms with van der Waals surface area (Å²) in [6.07, 6.45) is 2.48. The van der Waals surface area contributed by atoms with Crippen LogP contribution in [0.3, 0.4) is 0 Å². The van der Waals surface area contributed by atoms with Crippen molar-refractivity contribution in [2.45, 2.75) is 59.3 Å². The van der Waals surface area contributed by atoms with E-state index in [-0.39, 0.29) is 53.6 Å². The van der Waals surface area contributed by atoms with Crippen LogP contribution in [-0.2, 0) is 16.0 Å². The maximum Gasteiger partial charge on any atom is 0.410 e. The standard InChI is InChI=1S/C20H26N4O4.C20H22N4O4/c2*1-20(2,3)28-19(26)24-10-13(11-24)12-27-18-16(8-21)22-9-17(23-18)14-4-6-15(25)7-5-14/h4-7,9,13,25H,8,10-12,21H2,1-3H3;4-7,9,13,25H,10-12H2,1-3H3. The molecule has 2 saturated heterocycles. The van der Waals surface area contributed by atoms with Crippen molar-refractivity contribution in [1.29, 1.82) is 5.26 Å². The molecule has 16 nitrogen and oxygen atoms in total. The molecular weight excluding hydrogens is 720 g/mol. The molecule has 0 bridgehead atoms. The lowest BCUT2D eigenvalue weighted by molar-refractivity contribution is -0.00899. The van der Waals surface area contributed by atoms with Gasteiger partial charge >= 0.3 is 12.2 Å². The van der Waals surface area contributed by atoms with Crippen molar-refractivity contribution in [3.8, 4) is 51.8 Å². The highest BCUT2D eigenvalue weighted by Gasteiger charge is 2.35. The lowest BCUT2D eigenvalue weighted by Gasteiger charge is -2.39. The fourth-order valence-corrected chi connectivity index (χ4v) is 5.44. The molecule has 296 valence electrons. The second kappa shape index (κ2) is 17.5. The second-order valence-corrected chi connectivity index (χ2v) is 15.5. The molecule has 0 unspecified atom stereocenters. The molecule has 56 heavy (non-hydrogen) atoms. The van der Waals surface area contributed by atoms with Gasteiger partial charge in [0, 0.05) is 55.7 Å². The van der Waals surface area contributed by atoms with E-state index in [2.05, 4.69) is 19.9 Å². The first kappa shape index (κ1) is 41.0. The number of nitrogens with two attached hydrogens (primary N) is 1. The Morgan fingerprint density at radius 1 is 0.732 bits per heavy atom. The van der Waals surface area contributed by atoms with Crippen LogP contribution in [0.1, 0.15) is 52.9 Å². The molecule has 0 atom stereocenters. The predicted molar refractivity (Wildman–Crippen MR) is 204 cm³/mol. The summed E-state index contributed by atoms with van der Waals surface area (Å²) in [6.45, 7) is 14.2. The van der Waals surface area contributed by atoms with Gasteiger partial charge in [0.15, 0.2) is 0 Å². The molecule has 0 saturated carbocycles. The summed E-state index contributed by atoms with van der Waals surface area (Å²) >= 11 is 0. The van der Waals surface area contributed by atoms with E-state index < -0.39 is 11.2 Å². The number of aromatic hydroxyl groups is 2. The zero-order valence-corrected chi connectivity index (χ0v) is 32.4. The number of rotatable bonds is 9. The number of hydrogen-bond donors (Lipinski definition) is 3. The summed E-state index contributed by atoms with van der Waals surface area (Å²) in [5, 5.41) is 28.1. The van der Waals surface area contributed by atoms with Gasteiger partial charge in [-0.2, -0.15) is 5.26 Å². The molecule has 2 aliphatic rings. The normalized spacial score (nSPS) is 14.3. The van der Waals surface area contributed by atoms with Gasteiger partial charge in [-0.1, -0.05) is 0 Å². The largest absolute Gasteiger partial charge is 0.508 e. The number of nitriles is 1. The van der Waals surface area contributed by atoms with E-state index in [1.54, 1.807) is 64.5 Å². The second-order valence-electron chi connectivity index (χ2n) is 15.5. The summed E-state index contributed by atoms with van der Waals surface area (Å²) in [4.78, 5) is 44.6. The van der Waals surface area contributed by atoms with Crippen molar-refractivity contribution in [2.75, 3.05) is 39.4 Å². The minimum absolute atomic E-state index is 0.103. The number of carbonyl (C=O) groups excluding carboxylic acids is 2. The van der Waals surface area contributed by atoms with Crippen LogP contribution in [0.5, 0.6) is 23.3 Å². The van der Waals surface area contributed by atoms with E-state index >= 15 is 0 Å². The number of phenolic OH excluding ortho intramolecular Hbond substituents is 2. The van der Waals surface area contributed by atoms with E-state index in [0.29, 0.717) is 62.4 Å². The van der Waals surface area contributed by atoms with Crippen LogP contribution in [-0.4, -0.2) is 103 Å². The number of carbonyl (C=O) groups is 2. The molecule has 2 amide bonds. The van der Waals surface area contributed by atoms with Gasteiger partial charge in [-0.15, -0.1) is 0 Å². The number of nitrogens with zero attached hydrogens (tertiary/aromatic N) is 7.